The monoisotopic (exact) mass is 394 g/mol. The van der Waals surface area contributed by atoms with Crippen molar-refractivity contribution in [1.82, 2.24) is 15.2 Å². The van der Waals surface area contributed by atoms with Gasteiger partial charge in [-0.2, -0.15) is 0 Å². The van der Waals surface area contributed by atoms with Gasteiger partial charge in [0.1, 0.15) is 30.4 Å². The predicted octanol–water partition coefficient (Wildman–Crippen LogP) is 0.971. The first kappa shape index (κ1) is 19.9. The molecule has 0 saturated carbocycles. The Labute approximate surface area is 162 Å². The average Bonchev–Trinajstić information content (AvgIpc) is 3.09. The standard InChI is InChI=1S/C18H24N3O5S/c1-19-18(21(2)3)27-15-10-9-13-16(26-20-25-13)14(24-15)11-23-17(22)12-7-5-4-6-8-12/h4-8,13-16,20H,1,9-11H2,2-3H3/q+1. The minimum absolute atomic E-state index is 0.0653. The van der Waals surface area contributed by atoms with Gasteiger partial charge in [-0.15, -0.1) is 0 Å². The molecule has 3 rings (SSSR count). The highest BCUT2D eigenvalue weighted by Gasteiger charge is 2.43. The highest BCUT2D eigenvalue weighted by atomic mass is 32.2. The molecule has 2 aliphatic rings. The number of hydrogen-bond acceptors (Lipinski definition) is 7. The number of benzene rings is 1. The van der Waals surface area contributed by atoms with Crippen molar-refractivity contribution in [3.05, 3.63) is 35.9 Å². The molecule has 4 atom stereocenters. The molecule has 0 bridgehead atoms. The van der Waals surface area contributed by atoms with Gasteiger partial charge in [-0.25, -0.2) is 14.4 Å². The van der Waals surface area contributed by atoms with E-state index in [1.807, 2.05) is 25.1 Å². The topological polar surface area (TPSA) is 83.4 Å². The number of esters is 1. The minimum Gasteiger partial charge on any atom is -0.459 e. The lowest BCUT2D eigenvalue weighted by molar-refractivity contribution is -0.130. The molecule has 0 spiro atoms. The van der Waals surface area contributed by atoms with Crippen molar-refractivity contribution >= 4 is 29.6 Å². The second-order valence-electron chi connectivity index (χ2n) is 6.42. The van der Waals surface area contributed by atoms with Gasteiger partial charge in [-0.1, -0.05) is 23.8 Å². The normalized spacial score (nSPS) is 27.2. The van der Waals surface area contributed by atoms with Crippen molar-refractivity contribution in [3.8, 4) is 0 Å². The summed E-state index contributed by atoms with van der Waals surface area (Å²) in [7, 11) is 3.80. The molecule has 0 aromatic heterocycles. The number of carbonyl (C=O) groups is 1. The average molecular weight is 394 g/mol. The van der Waals surface area contributed by atoms with Crippen LogP contribution in [0.4, 0.5) is 0 Å². The molecule has 9 heteroatoms. The van der Waals surface area contributed by atoms with Crippen LogP contribution in [0.3, 0.4) is 0 Å². The molecule has 1 N–H and O–H groups in total. The molecular formula is C18H24N3O5S+. The van der Waals surface area contributed by atoms with Gasteiger partial charge in [-0.05, 0) is 25.0 Å². The number of thioether (sulfide) groups is 1. The molecule has 0 radical (unpaired) electrons. The van der Waals surface area contributed by atoms with Crippen LogP contribution in [0.1, 0.15) is 23.2 Å². The number of amidine groups is 1. The number of carbonyl (C=O) groups excluding carboxylic acids is 1. The number of nitrogens with one attached hydrogen (secondary N) is 1. The van der Waals surface area contributed by atoms with Gasteiger partial charge in [-0.3, -0.25) is 9.68 Å². The Morgan fingerprint density at radius 1 is 1.33 bits per heavy atom. The summed E-state index contributed by atoms with van der Waals surface area (Å²) in [4.78, 5) is 25.0. The Bertz CT molecular complexity index is 695. The molecule has 8 nitrogen and oxygen atoms in total. The summed E-state index contributed by atoms with van der Waals surface area (Å²) in [6.07, 6.45) is 0.489. The lowest BCUT2D eigenvalue weighted by Gasteiger charge is -2.24. The molecule has 1 aromatic carbocycles. The Hall–Kier alpha value is -1.87. The van der Waals surface area contributed by atoms with Gasteiger partial charge in [0.05, 0.1) is 19.7 Å². The van der Waals surface area contributed by atoms with Crippen LogP contribution < -0.4 is 10.3 Å². The summed E-state index contributed by atoms with van der Waals surface area (Å²) in [6.45, 7) is 3.67. The zero-order valence-corrected chi connectivity index (χ0v) is 16.2. The molecule has 0 aliphatic carbocycles. The fourth-order valence-corrected chi connectivity index (χ4v) is 3.88. The zero-order chi connectivity index (χ0) is 19.2. The van der Waals surface area contributed by atoms with E-state index >= 15 is 0 Å². The maximum Gasteiger partial charge on any atom is 0.407 e. The van der Waals surface area contributed by atoms with Gasteiger partial charge >= 0.3 is 11.1 Å². The van der Waals surface area contributed by atoms with E-state index in [1.165, 1.54) is 11.8 Å². The molecule has 1 aromatic rings. The Morgan fingerprint density at radius 3 is 2.81 bits per heavy atom. The molecule has 2 aliphatic heterocycles. The van der Waals surface area contributed by atoms with E-state index in [4.69, 9.17) is 19.1 Å². The van der Waals surface area contributed by atoms with Crippen molar-refractivity contribution in [2.75, 3.05) is 20.7 Å². The second kappa shape index (κ2) is 9.36. The summed E-state index contributed by atoms with van der Waals surface area (Å²) < 4.78 is 15.7. The summed E-state index contributed by atoms with van der Waals surface area (Å²) in [6, 6.07) is 8.85. The molecule has 27 heavy (non-hydrogen) atoms. The number of hydrogen-bond donors (Lipinski definition) is 1. The fourth-order valence-electron chi connectivity index (χ4n) is 2.91. The van der Waals surface area contributed by atoms with E-state index in [0.29, 0.717) is 5.56 Å². The Morgan fingerprint density at radius 2 is 2.11 bits per heavy atom. The summed E-state index contributed by atoms with van der Waals surface area (Å²) in [5, 5.41) is 0.757. The lowest BCUT2D eigenvalue weighted by atomic mass is 10.1. The van der Waals surface area contributed by atoms with Crippen LogP contribution in [0.5, 0.6) is 0 Å². The molecule has 4 unspecified atom stereocenters. The van der Waals surface area contributed by atoms with Crippen LogP contribution in [0.15, 0.2) is 30.3 Å². The van der Waals surface area contributed by atoms with Crippen LogP contribution in [-0.4, -0.2) is 67.2 Å². The molecule has 146 valence electrons. The Kier molecular flexibility index (Phi) is 6.89. The van der Waals surface area contributed by atoms with Crippen molar-refractivity contribution in [3.63, 3.8) is 0 Å². The van der Waals surface area contributed by atoms with Gasteiger partial charge in [0.25, 0.3) is 0 Å². The van der Waals surface area contributed by atoms with Crippen molar-refractivity contribution in [2.45, 2.75) is 36.6 Å². The largest absolute Gasteiger partial charge is 0.459 e. The number of fused-ring (bicyclic) bond motifs is 1. The second-order valence-corrected chi connectivity index (χ2v) is 7.55. The van der Waals surface area contributed by atoms with Gasteiger partial charge < -0.3 is 9.47 Å². The van der Waals surface area contributed by atoms with E-state index < -0.39 is 12.1 Å². The number of nitrogens with zero attached hydrogens (tertiary/aromatic N) is 2. The molecule has 0 amide bonds. The van der Waals surface area contributed by atoms with Crippen LogP contribution in [0.25, 0.3) is 0 Å². The van der Waals surface area contributed by atoms with Crippen molar-refractivity contribution < 1.29 is 23.9 Å². The first-order chi connectivity index (χ1) is 13.1. The maximum absolute atomic E-state index is 12.3. The van der Waals surface area contributed by atoms with Crippen LogP contribution >= 0.6 is 11.8 Å². The first-order valence-electron chi connectivity index (χ1n) is 8.70. The SMILES string of the molecule is C=[N+]=C(SC1CCC2ONOC2C(COC(=O)c2ccccc2)O1)N(C)C. The quantitative estimate of drug-likeness (QED) is 0.350. The predicted molar refractivity (Wildman–Crippen MR) is 103 cm³/mol. The number of ether oxygens (including phenoxy) is 2. The summed E-state index contributed by atoms with van der Waals surface area (Å²) >= 11 is 1.48. The van der Waals surface area contributed by atoms with Crippen LogP contribution in [0, 0.1) is 0 Å². The molecule has 2 fully saturated rings. The van der Waals surface area contributed by atoms with Gasteiger partial charge in [0.15, 0.2) is 6.72 Å². The summed E-state index contributed by atoms with van der Waals surface area (Å²) in [5.41, 5.74) is 2.78. The van der Waals surface area contributed by atoms with E-state index in [9.17, 15) is 4.79 Å². The lowest BCUT2D eigenvalue weighted by Crippen LogP contribution is -2.40. The maximum atomic E-state index is 12.3. The third kappa shape index (κ3) is 5.10. The zero-order valence-electron chi connectivity index (χ0n) is 15.4. The van der Waals surface area contributed by atoms with Gasteiger partial charge in [0, 0.05) is 11.8 Å². The van der Waals surface area contributed by atoms with E-state index in [0.717, 1.165) is 18.0 Å². The van der Waals surface area contributed by atoms with Crippen LogP contribution in [-0.2, 0) is 19.1 Å². The third-order valence-electron chi connectivity index (χ3n) is 4.27. The van der Waals surface area contributed by atoms with Crippen LogP contribution in [0.2, 0.25) is 0 Å². The summed E-state index contributed by atoms with van der Waals surface area (Å²) in [5.74, 6) is -0.399. The molecule has 2 saturated heterocycles. The molecule has 2 heterocycles. The van der Waals surface area contributed by atoms with E-state index in [1.54, 1.807) is 24.3 Å². The Balaban J connectivity index is 1.66. The fraction of sp³-hybridized carbons (Fsp3) is 0.500. The highest BCUT2D eigenvalue weighted by molar-refractivity contribution is 8.14. The van der Waals surface area contributed by atoms with Crippen molar-refractivity contribution in [1.29, 1.82) is 0 Å². The highest BCUT2D eigenvalue weighted by Crippen LogP contribution is 2.31. The van der Waals surface area contributed by atoms with Gasteiger partial charge in [0.2, 0.25) is 0 Å². The molecular weight excluding hydrogens is 370 g/mol. The van der Waals surface area contributed by atoms with E-state index in [-0.39, 0.29) is 24.3 Å². The van der Waals surface area contributed by atoms with E-state index in [2.05, 4.69) is 17.0 Å². The number of rotatable bonds is 4. The minimum atomic E-state index is -0.467. The smallest absolute Gasteiger partial charge is 0.407 e. The first-order valence-corrected chi connectivity index (χ1v) is 9.58. The van der Waals surface area contributed by atoms with Crippen molar-refractivity contribution in [2.24, 2.45) is 0 Å². The third-order valence-corrected chi connectivity index (χ3v) is 5.59.